The van der Waals surface area contributed by atoms with Crippen LogP contribution < -0.4 is 15.1 Å². The first-order valence-electron chi connectivity index (χ1n) is 16.0. The standard InChI is InChI=1S/C32H39FN8O5S/c1-3-30(42)41-9-4-5-24(41)31-21-13-29(37-28-6-8-34-32(38-28)39-10-7-26(45-2)23(33)18-39)35-14-22(21)25(15-36-31)40-16-20(17-40)27-19-46-11-12-47(27,43)44/h3,6,8,13-15,20,23-24,26-27H,1,4-5,7,9-12,16-19H2,2H3,(H,34,35,37,38)/t23-,24?,26+,27?/m0/s1. The highest BCUT2D eigenvalue weighted by molar-refractivity contribution is 7.92. The van der Waals surface area contributed by atoms with E-state index in [0.717, 1.165) is 35.0 Å². The maximum Gasteiger partial charge on any atom is 0.246 e. The van der Waals surface area contributed by atoms with Crippen molar-refractivity contribution >= 4 is 49.8 Å². The van der Waals surface area contributed by atoms with E-state index < -0.39 is 27.4 Å². The number of carbonyl (C=O) groups is 1. The molecule has 0 aliphatic carbocycles. The summed E-state index contributed by atoms with van der Waals surface area (Å²) in [6.45, 7) is 6.65. The van der Waals surface area contributed by atoms with Crippen molar-refractivity contribution < 1.29 is 27.1 Å². The molecule has 1 N–H and O–H groups in total. The molecule has 3 aromatic rings. The summed E-state index contributed by atoms with van der Waals surface area (Å²) in [6, 6.07) is 3.41. The summed E-state index contributed by atoms with van der Waals surface area (Å²) in [6.07, 6.45) is 7.14. The van der Waals surface area contributed by atoms with Gasteiger partial charge in [-0.05, 0) is 37.5 Å². The molecule has 47 heavy (non-hydrogen) atoms. The van der Waals surface area contributed by atoms with Gasteiger partial charge in [-0.15, -0.1) is 0 Å². The van der Waals surface area contributed by atoms with Crippen LogP contribution >= 0.6 is 0 Å². The Hall–Kier alpha value is -3.95. The van der Waals surface area contributed by atoms with Crippen molar-refractivity contribution in [2.24, 2.45) is 5.92 Å². The molecule has 4 saturated heterocycles. The van der Waals surface area contributed by atoms with Crippen LogP contribution in [0, 0.1) is 5.92 Å². The smallest absolute Gasteiger partial charge is 0.246 e. The van der Waals surface area contributed by atoms with Crippen molar-refractivity contribution in [3.63, 3.8) is 0 Å². The monoisotopic (exact) mass is 666 g/mol. The molecule has 4 fully saturated rings. The van der Waals surface area contributed by atoms with E-state index >= 15 is 0 Å². The number of nitrogens with zero attached hydrogens (tertiary/aromatic N) is 7. The van der Waals surface area contributed by atoms with E-state index in [1.165, 1.54) is 13.2 Å². The molecule has 4 atom stereocenters. The summed E-state index contributed by atoms with van der Waals surface area (Å²) in [5.74, 6) is 1.33. The Morgan fingerprint density at radius 1 is 1.11 bits per heavy atom. The second-order valence-electron chi connectivity index (χ2n) is 12.6. The number of sulfone groups is 1. The molecule has 15 heteroatoms. The number of aromatic nitrogens is 4. The lowest BCUT2D eigenvalue weighted by molar-refractivity contribution is -0.126. The maximum atomic E-state index is 14.6. The van der Waals surface area contributed by atoms with Crippen LogP contribution in [0.15, 0.2) is 43.4 Å². The minimum absolute atomic E-state index is 0.0283. The SMILES string of the molecule is C=CC(=O)N1CCCC1c1ncc(N2CC(C3COCCS3(=O)=O)C2)c2cnc(Nc3ccnc(N4CC[C@@H](OC)[C@@H](F)C4)n3)cc12. The number of carbonyl (C=O) groups excluding carboxylic acids is 1. The molecule has 7 heterocycles. The quantitative estimate of drug-likeness (QED) is 0.353. The number of hydrogen-bond acceptors (Lipinski definition) is 12. The van der Waals surface area contributed by atoms with Gasteiger partial charge >= 0.3 is 0 Å². The average molecular weight is 667 g/mol. The molecule has 0 saturated carbocycles. The highest BCUT2D eigenvalue weighted by Gasteiger charge is 2.43. The zero-order valence-electron chi connectivity index (χ0n) is 26.3. The van der Waals surface area contributed by atoms with Gasteiger partial charge in [0.15, 0.2) is 9.84 Å². The Labute approximate surface area is 273 Å². The number of ether oxygens (including phenoxy) is 2. The summed E-state index contributed by atoms with van der Waals surface area (Å²) < 4.78 is 50.8. The third kappa shape index (κ3) is 6.11. The lowest BCUT2D eigenvalue weighted by Gasteiger charge is -2.45. The molecule has 0 bridgehead atoms. The van der Waals surface area contributed by atoms with Crippen LogP contribution in [0.1, 0.15) is 31.0 Å². The molecule has 0 aromatic carbocycles. The Balaban J connectivity index is 1.19. The van der Waals surface area contributed by atoms with E-state index in [9.17, 15) is 17.6 Å². The molecule has 1 amide bonds. The fourth-order valence-corrected chi connectivity index (χ4v) is 8.91. The zero-order chi connectivity index (χ0) is 32.7. The van der Waals surface area contributed by atoms with Crippen LogP contribution in [-0.4, -0.2) is 115 Å². The Kier molecular flexibility index (Phi) is 8.70. The van der Waals surface area contributed by atoms with E-state index in [1.807, 2.05) is 17.2 Å². The molecular weight excluding hydrogens is 627 g/mol. The third-order valence-corrected chi connectivity index (χ3v) is 12.0. The summed E-state index contributed by atoms with van der Waals surface area (Å²) >= 11 is 0. The number of nitrogens with one attached hydrogen (secondary N) is 1. The van der Waals surface area contributed by atoms with Crippen LogP contribution in [0.2, 0.25) is 0 Å². The second-order valence-corrected chi connectivity index (χ2v) is 14.9. The number of anilines is 4. The topological polar surface area (TPSA) is 143 Å². The predicted molar refractivity (Wildman–Crippen MR) is 175 cm³/mol. The first-order chi connectivity index (χ1) is 22.8. The van der Waals surface area contributed by atoms with E-state index in [4.69, 9.17) is 19.4 Å². The van der Waals surface area contributed by atoms with Crippen LogP contribution in [0.3, 0.4) is 0 Å². The number of methoxy groups -OCH3 is 1. The van der Waals surface area contributed by atoms with E-state index in [1.54, 1.807) is 23.4 Å². The number of hydrogen-bond donors (Lipinski definition) is 1. The van der Waals surface area contributed by atoms with Crippen molar-refractivity contribution in [1.82, 2.24) is 24.8 Å². The van der Waals surface area contributed by atoms with Gasteiger partial charge in [-0.2, -0.15) is 4.98 Å². The van der Waals surface area contributed by atoms with Crippen LogP contribution in [0.5, 0.6) is 0 Å². The minimum atomic E-state index is -3.19. The van der Waals surface area contributed by atoms with Crippen molar-refractivity contribution in [2.75, 3.05) is 73.9 Å². The molecule has 4 aliphatic heterocycles. The summed E-state index contributed by atoms with van der Waals surface area (Å²) in [4.78, 5) is 37.2. The van der Waals surface area contributed by atoms with Gasteiger partial charge in [0, 0.05) is 62.4 Å². The van der Waals surface area contributed by atoms with Crippen molar-refractivity contribution in [3.05, 3.63) is 49.1 Å². The number of pyridine rings is 2. The molecule has 13 nitrogen and oxygen atoms in total. The van der Waals surface area contributed by atoms with E-state index in [2.05, 4.69) is 26.8 Å². The summed E-state index contributed by atoms with van der Waals surface area (Å²) in [5.41, 5.74) is 1.62. The second kappa shape index (κ2) is 12.9. The van der Waals surface area contributed by atoms with E-state index in [-0.39, 0.29) is 43.4 Å². The predicted octanol–water partition coefficient (Wildman–Crippen LogP) is 2.83. The van der Waals surface area contributed by atoms with Crippen LogP contribution in [0.25, 0.3) is 10.8 Å². The normalized spacial score (nSPS) is 26.3. The number of amides is 1. The average Bonchev–Trinajstić information content (AvgIpc) is 3.54. The van der Waals surface area contributed by atoms with Crippen molar-refractivity contribution in [1.29, 1.82) is 0 Å². The Morgan fingerprint density at radius 3 is 2.72 bits per heavy atom. The molecule has 250 valence electrons. The molecule has 0 spiro atoms. The zero-order valence-corrected chi connectivity index (χ0v) is 27.1. The highest BCUT2D eigenvalue weighted by atomic mass is 32.2. The third-order valence-electron chi connectivity index (χ3n) is 9.81. The van der Waals surface area contributed by atoms with Gasteiger partial charge in [0.1, 0.15) is 17.8 Å². The minimum Gasteiger partial charge on any atom is -0.379 e. The Morgan fingerprint density at radius 2 is 1.96 bits per heavy atom. The van der Waals surface area contributed by atoms with E-state index in [0.29, 0.717) is 50.2 Å². The van der Waals surface area contributed by atoms with Gasteiger partial charge in [-0.1, -0.05) is 6.58 Å². The largest absolute Gasteiger partial charge is 0.379 e. The van der Waals surface area contributed by atoms with Gasteiger partial charge in [0.2, 0.25) is 11.9 Å². The number of fused-ring (bicyclic) bond motifs is 1. The number of halogens is 1. The molecule has 2 unspecified atom stereocenters. The first kappa shape index (κ1) is 31.6. The van der Waals surface area contributed by atoms with Crippen molar-refractivity contribution in [2.45, 2.75) is 42.8 Å². The molecular formula is C32H39FN8O5S. The van der Waals surface area contributed by atoms with Gasteiger partial charge < -0.3 is 29.5 Å². The number of likely N-dealkylation sites (tertiary alicyclic amines) is 1. The molecule has 7 rings (SSSR count). The number of alkyl halides is 1. The van der Waals surface area contributed by atoms with Gasteiger partial charge in [-0.25, -0.2) is 22.8 Å². The lowest BCUT2D eigenvalue weighted by atomic mass is 9.94. The van der Waals surface area contributed by atoms with Crippen LogP contribution in [0.4, 0.5) is 27.7 Å². The number of piperidine rings is 1. The lowest BCUT2D eigenvalue weighted by Crippen LogP contribution is -2.57. The van der Waals surface area contributed by atoms with Crippen molar-refractivity contribution in [3.8, 4) is 0 Å². The summed E-state index contributed by atoms with van der Waals surface area (Å²) in [5, 5.41) is 4.47. The molecule has 4 aliphatic rings. The van der Waals surface area contributed by atoms with Gasteiger partial charge in [0.25, 0.3) is 0 Å². The fraction of sp³-hybridized carbons (Fsp3) is 0.531. The highest BCUT2D eigenvalue weighted by Crippen LogP contribution is 2.41. The van der Waals surface area contributed by atoms with Crippen LogP contribution in [-0.2, 0) is 24.1 Å². The summed E-state index contributed by atoms with van der Waals surface area (Å²) in [7, 11) is -1.67. The van der Waals surface area contributed by atoms with Gasteiger partial charge in [-0.3, -0.25) is 9.78 Å². The Bertz CT molecular complexity index is 1770. The van der Waals surface area contributed by atoms with Gasteiger partial charge in [0.05, 0.1) is 60.5 Å². The maximum absolute atomic E-state index is 14.6. The molecule has 3 aromatic heterocycles. The first-order valence-corrected chi connectivity index (χ1v) is 17.7. The molecule has 0 radical (unpaired) electrons. The fourth-order valence-electron chi connectivity index (χ4n) is 7.19. The number of rotatable bonds is 8.